The SMILES string of the molecule is CCCN(C)c1ccc(C(=O)NC)cc1N. The van der Waals surface area contributed by atoms with Gasteiger partial charge in [-0.25, -0.2) is 0 Å². The van der Waals surface area contributed by atoms with E-state index < -0.39 is 0 Å². The van der Waals surface area contributed by atoms with E-state index >= 15 is 0 Å². The number of benzene rings is 1. The number of amides is 1. The number of hydrogen-bond donors (Lipinski definition) is 2. The molecule has 1 amide bonds. The van der Waals surface area contributed by atoms with E-state index in [-0.39, 0.29) is 5.91 Å². The van der Waals surface area contributed by atoms with Crippen LogP contribution in [-0.4, -0.2) is 26.5 Å². The van der Waals surface area contributed by atoms with Gasteiger partial charge in [-0.3, -0.25) is 4.79 Å². The van der Waals surface area contributed by atoms with Gasteiger partial charge in [0.2, 0.25) is 0 Å². The summed E-state index contributed by atoms with van der Waals surface area (Å²) in [5.41, 5.74) is 8.12. The van der Waals surface area contributed by atoms with Gasteiger partial charge < -0.3 is 16.0 Å². The van der Waals surface area contributed by atoms with Crippen LogP contribution in [0.5, 0.6) is 0 Å². The maximum Gasteiger partial charge on any atom is 0.251 e. The van der Waals surface area contributed by atoms with Crippen LogP contribution in [-0.2, 0) is 0 Å². The van der Waals surface area contributed by atoms with E-state index in [4.69, 9.17) is 5.73 Å². The predicted octanol–water partition coefficient (Wildman–Crippen LogP) is 1.47. The molecule has 0 saturated carbocycles. The van der Waals surface area contributed by atoms with Gasteiger partial charge in [-0.2, -0.15) is 0 Å². The fraction of sp³-hybridized carbons (Fsp3) is 0.417. The van der Waals surface area contributed by atoms with Gasteiger partial charge in [0.1, 0.15) is 0 Å². The molecule has 0 aliphatic carbocycles. The Morgan fingerprint density at radius 1 is 1.50 bits per heavy atom. The van der Waals surface area contributed by atoms with E-state index in [1.54, 1.807) is 19.2 Å². The molecule has 3 N–H and O–H groups in total. The average Bonchev–Trinajstić information content (AvgIpc) is 2.28. The molecule has 4 nitrogen and oxygen atoms in total. The van der Waals surface area contributed by atoms with Crippen LogP contribution in [0.2, 0.25) is 0 Å². The van der Waals surface area contributed by atoms with E-state index in [1.165, 1.54) is 0 Å². The number of nitrogens with zero attached hydrogens (tertiary/aromatic N) is 1. The second kappa shape index (κ2) is 5.39. The smallest absolute Gasteiger partial charge is 0.251 e. The van der Waals surface area contributed by atoms with Gasteiger partial charge in [-0.05, 0) is 24.6 Å². The van der Waals surface area contributed by atoms with Gasteiger partial charge in [-0.15, -0.1) is 0 Å². The van der Waals surface area contributed by atoms with Gasteiger partial charge in [-0.1, -0.05) is 6.92 Å². The monoisotopic (exact) mass is 221 g/mol. The molecule has 0 aliphatic heterocycles. The normalized spacial score (nSPS) is 9.94. The molecule has 1 aromatic rings. The van der Waals surface area contributed by atoms with Crippen LogP contribution in [0.4, 0.5) is 11.4 Å². The largest absolute Gasteiger partial charge is 0.397 e. The molecule has 0 aliphatic rings. The molecule has 0 unspecified atom stereocenters. The van der Waals surface area contributed by atoms with Crippen molar-refractivity contribution in [3.63, 3.8) is 0 Å². The Balaban J connectivity index is 2.95. The summed E-state index contributed by atoms with van der Waals surface area (Å²) in [6.45, 7) is 3.06. The van der Waals surface area contributed by atoms with E-state index in [9.17, 15) is 4.79 Å². The summed E-state index contributed by atoms with van der Waals surface area (Å²) in [5.74, 6) is -0.114. The lowest BCUT2D eigenvalue weighted by Crippen LogP contribution is -2.21. The van der Waals surface area contributed by atoms with Crippen molar-refractivity contribution in [3.05, 3.63) is 23.8 Å². The lowest BCUT2D eigenvalue weighted by Gasteiger charge is -2.20. The molecule has 0 saturated heterocycles. The Kier molecular flexibility index (Phi) is 4.17. The number of nitrogens with two attached hydrogens (primary N) is 1. The third-order valence-electron chi connectivity index (χ3n) is 2.49. The Bertz CT molecular complexity index is 377. The highest BCUT2D eigenvalue weighted by Gasteiger charge is 2.08. The molecule has 1 rings (SSSR count). The average molecular weight is 221 g/mol. The summed E-state index contributed by atoms with van der Waals surface area (Å²) in [7, 11) is 3.60. The third kappa shape index (κ3) is 2.66. The summed E-state index contributed by atoms with van der Waals surface area (Å²) < 4.78 is 0. The molecular formula is C12H19N3O. The highest BCUT2D eigenvalue weighted by atomic mass is 16.1. The van der Waals surface area contributed by atoms with Crippen LogP contribution < -0.4 is 16.0 Å². The predicted molar refractivity (Wildman–Crippen MR) is 67.8 cm³/mol. The van der Waals surface area contributed by atoms with Gasteiger partial charge >= 0.3 is 0 Å². The summed E-state index contributed by atoms with van der Waals surface area (Å²) in [6.07, 6.45) is 1.06. The molecule has 0 radical (unpaired) electrons. The molecule has 0 atom stereocenters. The number of hydrogen-bond acceptors (Lipinski definition) is 3. The van der Waals surface area contributed by atoms with Crippen molar-refractivity contribution in [2.24, 2.45) is 0 Å². The quantitative estimate of drug-likeness (QED) is 0.757. The van der Waals surface area contributed by atoms with Crippen LogP contribution in [0.3, 0.4) is 0 Å². The van der Waals surface area contributed by atoms with E-state index in [0.717, 1.165) is 18.7 Å². The highest BCUT2D eigenvalue weighted by Crippen LogP contribution is 2.23. The summed E-state index contributed by atoms with van der Waals surface area (Å²) in [5, 5.41) is 2.57. The summed E-state index contributed by atoms with van der Waals surface area (Å²) >= 11 is 0. The number of carbonyl (C=O) groups is 1. The van der Waals surface area contributed by atoms with Gasteiger partial charge in [0.05, 0.1) is 11.4 Å². The first-order valence-electron chi connectivity index (χ1n) is 5.42. The number of rotatable bonds is 4. The first kappa shape index (κ1) is 12.4. The molecular weight excluding hydrogens is 202 g/mol. The second-order valence-electron chi connectivity index (χ2n) is 3.77. The van der Waals surface area contributed by atoms with Crippen LogP contribution in [0, 0.1) is 0 Å². The van der Waals surface area contributed by atoms with Gasteiger partial charge in [0.25, 0.3) is 5.91 Å². The van der Waals surface area contributed by atoms with Crippen molar-refractivity contribution in [1.29, 1.82) is 0 Å². The first-order valence-corrected chi connectivity index (χ1v) is 5.42. The Morgan fingerprint density at radius 2 is 2.19 bits per heavy atom. The van der Waals surface area contributed by atoms with Gasteiger partial charge in [0.15, 0.2) is 0 Å². The summed E-state index contributed by atoms with van der Waals surface area (Å²) in [6, 6.07) is 5.38. The minimum absolute atomic E-state index is 0.114. The van der Waals surface area contributed by atoms with Crippen LogP contribution in [0.15, 0.2) is 18.2 Å². The zero-order chi connectivity index (χ0) is 12.1. The Hall–Kier alpha value is -1.71. The lowest BCUT2D eigenvalue weighted by atomic mass is 10.1. The molecule has 0 fully saturated rings. The van der Waals surface area contributed by atoms with E-state index in [0.29, 0.717) is 11.3 Å². The number of anilines is 2. The lowest BCUT2D eigenvalue weighted by molar-refractivity contribution is 0.0963. The molecule has 4 heteroatoms. The maximum atomic E-state index is 11.4. The standard InChI is InChI=1S/C12H19N3O/c1-4-7-15(3)11-6-5-9(8-10(11)13)12(16)14-2/h5-6,8H,4,7,13H2,1-3H3,(H,14,16). The van der Waals surface area contributed by atoms with Crippen molar-refractivity contribution in [3.8, 4) is 0 Å². The van der Waals surface area contributed by atoms with E-state index in [2.05, 4.69) is 17.1 Å². The van der Waals surface area contributed by atoms with Crippen molar-refractivity contribution in [2.75, 3.05) is 31.3 Å². The van der Waals surface area contributed by atoms with Crippen LogP contribution in [0.25, 0.3) is 0 Å². The Labute approximate surface area is 96.4 Å². The molecule has 88 valence electrons. The molecule has 0 heterocycles. The fourth-order valence-corrected chi connectivity index (χ4v) is 1.64. The van der Waals surface area contributed by atoms with Gasteiger partial charge in [0, 0.05) is 26.2 Å². The van der Waals surface area contributed by atoms with Crippen LogP contribution >= 0.6 is 0 Å². The zero-order valence-electron chi connectivity index (χ0n) is 10.1. The molecule has 0 aromatic heterocycles. The molecule has 1 aromatic carbocycles. The van der Waals surface area contributed by atoms with Crippen LogP contribution in [0.1, 0.15) is 23.7 Å². The zero-order valence-corrected chi connectivity index (χ0v) is 10.1. The van der Waals surface area contributed by atoms with E-state index in [1.807, 2.05) is 13.1 Å². The van der Waals surface area contributed by atoms with Crippen molar-refractivity contribution in [2.45, 2.75) is 13.3 Å². The van der Waals surface area contributed by atoms with Crippen molar-refractivity contribution in [1.82, 2.24) is 5.32 Å². The highest BCUT2D eigenvalue weighted by molar-refractivity contribution is 5.95. The summed E-state index contributed by atoms with van der Waals surface area (Å²) in [4.78, 5) is 13.5. The fourth-order valence-electron chi connectivity index (χ4n) is 1.64. The second-order valence-corrected chi connectivity index (χ2v) is 3.77. The Morgan fingerprint density at radius 3 is 2.69 bits per heavy atom. The number of carbonyl (C=O) groups excluding carboxylic acids is 1. The van der Waals surface area contributed by atoms with Crippen molar-refractivity contribution < 1.29 is 4.79 Å². The maximum absolute atomic E-state index is 11.4. The molecule has 0 bridgehead atoms. The minimum Gasteiger partial charge on any atom is -0.397 e. The number of nitrogens with one attached hydrogen (secondary N) is 1. The number of nitrogen functional groups attached to an aromatic ring is 1. The topological polar surface area (TPSA) is 58.4 Å². The first-order chi connectivity index (χ1) is 7.60. The molecule has 16 heavy (non-hydrogen) atoms. The molecule has 0 spiro atoms. The van der Waals surface area contributed by atoms with Crippen molar-refractivity contribution >= 4 is 17.3 Å². The minimum atomic E-state index is -0.114. The third-order valence-corrected chi connectivity index (χ3v) is 2.49.